The number of benzene rings is 2. The van der Waals surface area contributed by atoms with Gasteiger partial charge in [0, 0.05) is 29.1 Å². The largest absolute Gasteiger partial charge is 0.332 e. The fourth-order valence-corrected chi connectivity index (χ4v) is 3.07. The first-order valence-electron chi connectivity index (χ1n) is 8.60. The maximum Gasteiger partial charge on any atom is 0.254 e. The van der Waals surface area contributed by atoms with Gasteiger partial charge in [0.15, 0.2) is 0 Å². The normalized spacial score (nSPS) is 12.2. The number of amides is 1. The summed E-state index contributed by atoms with van der Waals surface area (Å²) >= 11 is 6.36. The predicted molar refractivity (Wildman–Crippen MR) is 103 cm³/mol. The minimum atomic E-state index is -0.426. The van der Waals surface area contributed by atoms with Crippen LogP contribution in [-0.4, -0.2) is 21.8 Å². The maximum atomic E-state index is 13.5. The summed E-state index contributed by atoms with van der Waals surface area (Å²) < 4.78 is 13.5. The van der Waals surface area contributed by atoms with Crippen LogP contribution >= 0.6 is 11.6 Å². The Balaban J connectivity index is 1.96. The number of carbonyl (C=O) groups excluding carboxylic acids is 1. The van der Waals surface area contributed by atoms with Gasteiger partial charge in [-0.1, -0.05) is 42.8 Å². The van der Waals surface area contributed by atoms with Gasteiger partial charge in [0.05, 0.1) is 5.52 Å². The second-order valence-corrected chi connectivity index (χ2v) is 6.69. The van der Waals surface area contributed by atoms with Crippen LogP contribution in [0.3, 0.4) is 0 Å². The van der Waals surface area contributed by atoms with Crippen molar-refractivity contribution in [3.63, 3.8) is 0 Å². The number of hydrogen-bond acceptors (Lipinski definition) is 2. The molecule has 1 heterocycles. The predicted octanol–water partition coefficient (Wildman–Crippen LogP) is 5.47. The summed E-state index contributed by atoms with van der Waals surface area (Å²) in [6, 6.07) is 15.4. The third-order valence-electron chi connectivity index (χ3n) is 4.55. The number of pyridine rings is 1. The maximum absolute atomic E-state index is 13.5. The second kappa shape index (κ2) is 7.83. The molecule has 0 N–H and O–H groups in total. The average Bonchev–Trinajstić information content (AvgIpc) is 2.65. The Labute approximate surface area is 157 Å². The smallest absolute Gasteiger partial charge is 0.254 e. The second-order valence-electron chi connectivity index (χ2n) is 6.33. The molecule has 3 nitrogen and oxygen atoms in total. The van der Waals surface area contributed by atoms with Crippen LogP contribution in [-0.2, 0) is 6.54 Å². The van der Waals surface area contributed by atoms with Crippen molar-refractivity contribution in [2.24, 2.45) is 0 Å². The average molecular weight is 371 g/mol. The molecule has 0 fully saturated rings. The SMILES string of the molecule is CCC(C)N(Cc1cc2ccccc2nc1Cl)C(=O)c1cccc(F)c1. The monoisotopic (exact) mass is 370 g/mol. The van der Waals surface area contributed by atoms with Gasteiger partial charge in [-0.2, -0.15) is 0 Å². The summed E-state index contributed by atoms with van der Waals surface area (Å²) in [7, 11) is 0. The Bertz CT molecular complexity index is 944. The lowest BCUT2D eigenvalue weighted by Gasteiger charge is -2.29. The molecule has 1 aromatic heterocycles. The number of nitrogens with zero attached hydrogens (tertiary/aromatic N) is 2. The summed E-state index contributed by atoms with van der Waals surface area (Å²) in [4.78, 5) is 19.1. The van der Waals surface area contributed by atoms with E-state index in [9.17, 15) is 9.18 Å². The fraction of sp³-hybridized carbons (Fsp3) is 0.238. The van der Waals surface area contributed by atoms with Crippen LogP contribution in [0.25, 0.3) is 10.9 Å². The van der Waals surface area contributed by atoms with Gasteiger partial charge in [-0.15, -0.1) is 0 Å². The molecule has 1 amide bonds. The van der Waals surface area contributed by atoms with Crippen LogP contribution in [0.5, 0.6) is 0 Å². The Morgan fingerprint density at radius 1 is 1.19 bits per heavy atom. The minimum Gasteiger partial charge on any atom is -0.332 e. The first kappa shape index (κ1) is 18.3. The molecule has 0 saturated heterocycles. The number of hydrogen-bond donors (Lipinski definition) is 0. The molecule has 0 radical (unpaired) electrons. The van der Waals surface area contributed by atoms with Crippen LogP contribution in [0.1, 0.15) is 36.2 Å². The van der Waals surface area contributed by atoms with Gasteiger partial charge in [0.2, 0.25) is 0 Å². The van der Waals surface area contributed by atoms with E-state index in [4.69, 9.17) is 11.6 Å². The van der Waals surface area contributed by atoms with Crippen molar-refractivity contribution in [3.8, 4) is 0 Å². The Hall–Kier alpha value is -2.46. The summed E-state index contributed by atoms with van der Waals surface area (Å²) in [5, 5.41) is 1.35. The van der Waals surface area contributed by atoms with Crippen molar-refractivity contribution in [1.82, 2.24) is 9.88 Å². The third-order valence-corrected chi connectivity index (χ3v) is 4.87. The standard InChI is InChI=1S/C21H20ClFN2O/c1-3-14(2)25(21(26)16-8-6-9-18(23)12-16)13-17-11-15-7-4-5-10-19(15)24-20(17)22/h4-12,14H,3,13H2,1-2H3. The zero-order valence-corrected chi connectivity index (χ0v) is 15.5. The summed E-state index contributed by atoms with van der Waals surface area (Å²) in [6.45, 7) is 4.30. The highest BCUT2D eigenvalue weighted by Crippen LogP contribution is 2.24. The van der Waals surface area contributed by atoms with E-state index in [1.165, 1.54) is 12.1 Å². The summed E-state index contributed by atoms with van der Waals surface area (Å²) in [5.41, 5.74) is 1.92. The molecule has 0 aliphatic rings. The van der Waals surface area contributed by atoms with Crippen molar-refractivity contribution in [3.05, 3.63) is 76.7 Å². The van der Waals surface area contributed by atoms with E-state index in [-0.39, 0.29) is 11.9 Å². The van der Waals surface area contributed by atoms with Crippen LogP contribution in [0.2, 0.25) is 5.15 Å². The quantitative estimate of drug-likeness (QED) is 0.558. The number of rotatable bonds is 5. The number of fused-ring (bicyclic) bond motifs is 1. The Morgan fingerprint density at radius 3 is 2.69 bits per heavy atom. The highest BCUT2D eigenvalue weighted by Gasteiger charge is 2.22. The Morgan fingerprint density at radius 2 is 1.96 bits per heavy atom. The number of para-hydroxylation sites is 1. The first-order valence-corrected chi connectivity index (χ1v) is 8.98. The minimum absolute atomic E-state index is 0.0201. The molecule has 134 valence electrons. The summed E-state index contributed by atoms with van der Waals surface area (Å²) in [5.74, 6) is -0.645. The van der Waals surface area contributed by atoms with Crippen LogP contribution in [0, 0.1) is 5.82 Å². The van der Waals surface area contributed by atoms with Crippen molar-refractivity contribution in [1.29, 1.82) is 0 Å². The molecule has 0 saturated carbocycles. The van der Waals surface area contributed by atoms with Gasteiger partial charge in [0.1, 0.15) is 11.0 Å². The molecule has 26 heavy (non-hydrogen) atoms. The van der Waals surface area contributed by atoms with Gasteiger partial charge in [0.25, 0.3) is 5.91 Å². The van der Waals surface area contributed by atoms with E-state index in [0.717, 1.165) is 22.9 Å². The van der Waals surface area contributed by atoms with Crippen LogP contribution in [0.4, 0.5) is 4.39 Å². The molecule has 5 heteroatoms. The lowest BCUT2D eigenvalue weighted by atomic mass is 10.1. The zero-order chi connectivity index (χ0) is 18.7. The van der Waals surface area contributed by atoms with E-state index >= 15 is 0 Å². The molecule has 2 aromatic carbocycles. The molecule has 3 aromatic rings. The van der Waals surface area contributed by atoms with Crippen LogP contribution < -0.4 is 0 Å². The number of halogens is 2. The first-order chi connectivity index (χ1) is 12.5. The molecule has 0 spiro atoms. The van der Waals surface area contributed by atoms with Crippen molar-refractivity contribution in [2.45, 2.75) is 32.9 Å². The molecular formula is C21H20ClFN2O. The van der Waals surface area contributed by atoms with E-state index in [0.29, 0.717) is 17.3 Å². The topological polar surface area (TPSA) is 33.2 Å². The zero-order valence-electron chi connectivity index (χ0n) is 14.7. The van der Waals surface area contributed by atoms with Gasteiger partial charge >= 0.3 is 0 Å². The molecule has 0 aliphatic carbocycles. The van der Waals surface area contributed by atoms with Crippen molar-refractivity contribution >= 4 is 28.4 Å². The lowest BCUT2D eigenvalue weighted by Crippen LogP contribution is -2.38. The number of aromatic nitrogens is 1. The number of carbonyl (C=O) groups is 1. The molecule has 3 rings (SSSR count). The fourth-order valence-electron chi connectivity index (χ4n) is 2.87. The molecule has 0 aliphatic heterocycles. The molecular weight excluding hydrogens is 351 g/mol. The van der Waals surface area contributed by atoms with Gasteiger partial charge < -0.3 is 4.90 Å². The van der Waals surface area contributed by atoms with Gasteiger partial charge in [-0.05, 0) is 43.7 Å². The molecule has 0 bridgehead atoms. The lowest BCUT2D eigenvalue weighted by molar-refractivity contribution is 0.0671. The highest BCUT2D eigenvalue weighted by molar-refractivity contribution is 6.30. The molecule has 1 atom stereocenters. The van der Waals surface area contributed by atoms with E-state index in [2.05, 4.69) is 4.98 Å². The highest BCUT2D eigenvalue weighted by atomic mass is 35.5. The van der Waals surface area contributed by atoms with Gasteiger partial charge in [-0.25, -0.2) is 9.37 Å². The Kier molecular flexibility index (Phi) is 5.52. The van der Waals surface area contributed by atoms with Crippen molar-refractivity contribution < 1.29 is 9.18 Å². The third kappa shape index (κ3) is 3.86. The van der Waals surface area contributed by atoms with Gasteiger partial charge in [-0.3, -0.25) is 4.79 Å². The molecule has 1 unspecified atom stereocenters. The van der Waals surface area contributed by atoms with Crippen LogP contribution in [0.15, 0.2) is 54.6 Å². The van der Waals surface area contributed by atoms with E-state index in [1.807, 2.05) is 44.2 Å². The van der Waals surface area contributed by atoms with Crippen molar-refractivity contribution in [2.75, 3.05) is 0 Å². The van der Waals surface area contributed by atoms with E-state index in [1.54, 1.807) is 17.0 Å². The summed E-state index contributed by atoms with van der Waals surface area (Å²) in [6.07, 6.45) is 0.777. The van der Waals surface area contributed by atoms with E-state index < -0.39 is 5.82 Å².